The summed E-state index contributed by atoms with van der Waals surface area (Å²) in [4.78, 5) is 0. The van der Waals surface area contributed by atoms with Crippen LogP contribution in [0, 0.1) is 0 Å². The van der Waals surface area contributed by atoms with Crippen molar-refractivity contribution >= 4 is 0 Å². The van der Waals surface area contributed by atoms with Gasteiger partial charge in [-0.3, -0.25) is 4.68 Å². The van der Waals surface area contributed by atoms with Crippen LogP contribution in [0.4, 0.5) is 0 Å². The highest BCUT2D eigenvalue weighted by Crippen LogP contribution is 2.17. The minimum atomic E-state index is 0.199. The summed E-state index contributed by atoms with van der Waals surface area (Å²) >= 11 is 0. The van der Waals surface area contributed by atoms with E-state index in [-0.39, 0.29) is 6.10 Å². The normalized spacial score (nSPS) is 18.1. The maximum Gasteiger partial charge on any atom is 0.157 e. The van der Waals surface area contributed by atoms with Crippen molar-refractivity contribution in [1.29, 1.82) is 0 Å². The van der Waals surface area contributed by atoms with E-state index >= 15 is 0 Å². The summed E-state index contributed by atoms with van der Waals surface area (Å²) in [6.07, 6.45) is 10.5. The van der Waals surface area contributed by atoms with Crippen molar-refractivity contribution in [3.8, 4) is 5.75 Å². The molecule has 0 aromatic carbocycles. The fourth-order valence-electron chi connectivity index (χ4n) is 2.49. The molecular weight excluding hydrogens is 226 g/mol. The van der Waals surface area contributed by atoms with Crippen LogP contribution in [-0.4, -0.2) is 28.5 Å². The smallest absolute Gasteiger partial charge is 0.157 e. The molecule has 0 radical (unpaired) electrons. The second kappa shape index (κ2) is 6.78. The van der Waals surface area contributed by atoms with Crippen LogP contribution in [-0.2, 0) is 6.54 Å². The highest BCUT2D eigenvalue weighted by Gasteiger charge is 2.15. The van der Waals surface area contributed by atoms with Gasteiger partial charge in [-0.25, -0.2) is 0 Å². The number of ether oxygens (including phenoxy) is 1. The molecule has 1 fully saturated rings. The summed E-state index contributed by atoms with van der Waals surface area (Å²) in [7, 11) is 0. The van der Waals surface area contributed by atoms with E-state index in [9.17, 15) is 0 Å². The molecule has 1 saturated carbocycles. The second-order valence-electron chi connectivity index (χ2n) is 5.26. The Labute approximate surface area is 110 Å². The quantitative estimate of drug-likeness (QED) is 0.809. The Morgan fingerprint density at radius 3 is 3.00 bits per heavy atom. The predicted molar refractivity (Wildman–Crippen MR) is 72.9 cm³/mol. The summed E-state index contributed by atoms with van der Waals surface area (Å²) in [6, 6.07) is 0.707. The number of aryl methyl sites for hydroxylation is 1. The van der Waals surface area contributed by atoms with E-state index in [0.29, 0.717) is 6.04 Å². The lowest BCUT2D eigenvalue weighted by Gasteiger charge is -2.17. The molecule has 0 bridgehead atoms. The molecule has 1 aromatic heterocycles. The van der Waals surface area contributed by atoms with Gasteiger partial charge in [-0.15, -0.1) is 0 Å². The topological polar surface area (TPSA) is 39.1 Å². The number of nitrogens with zero attached hydrogens (tertiary/aromatic N) is 2. The number of nitrogens with one attached hydrogen (secondary N) is 1. The predicted octanol–water partition coefficient (Wildman–Crippen LogP) is 2.59. The fraction of sp³-hybridized carbons (Fsp3) is 0.786. The Hall–Kier alpha value is -1.03. The van der Waals surface area contributed by atoms with Crippen LogP contribution in [0.3, 0.4) is 0 Å². The molecule has 4 heteroatoms. The zero-order chi connectivity index (χ0) is 12.8. The van der Waals surface area contributed by atoms with Crippen LogP contribution < -0.4 is 10.1 Å². The van der Waals surface area contributed by atoms with Crippen LogP contribution in [0.5, 0.6) is 5.75 Å². The van der Waals surface area contributed by atoms with Gasteiger partial charge in [0.25, 0.3) is 0 Å². The Morgan fingerprint density at radius 2 is 2.28 bits per heavy atom. The Morgan fingerprint density at radius 1 is 1.50 bits per heavy atom. The van der Waals surface area contributed by atoms with Crippen LogP contribution >= 0.6 is 0 Å². The summed E-state index contributed by atoms with van der Waals surface area (Å²) in [5.74, 6) is 0.879. The highest BCUT2D eigenvalue weighted by atomic mass is 16.5. The van der Waals surface area contributed by atoms with Crippen molar-refractivity contribution in [1.82, 2.24) is 15.1 Å². The van der Waals surface area contributed by atoms with Crippen LogP contribution in [0.2, 0.25) is 0 Å². The van der Waals surface area contributed by atoms with Gasteiger partial charge in [0.1, 0.15) is 6.10 Å². The highest BCUT2D eigenvalue weighted by molar-refractivity contribution is 5.12. The van der Waals surface area contributed by atoms with Crippen LogP contribution in [0.15, 0.2) is 12.4 Å². The van der Waals surface area contributed by atoms with E-state index < -0.39 is 0 Å². The van der Waals surface area contributed by atoms with Crippen LogP contribution in [0.25, 0.3) is 0 Å². The summed E-state index contributed by atoms with van der Waals surface area (Å²) in [6.45, 7) is 6.14. The van der Waals surface area contributed by atoms with Gasteiger partial charge < -0.3 is 10.1 Å². The maximum atomic E-state index is 5.86. The summed E-state index contributed by atoms with van der Waals surface area (Å²) in [5, 5.41) is 7.85. The summed E-state index contributed by atoms with van der Waals surface area (Å²) in [5.41, 5.74) is 0. The van der Waals surface area contributed by atoms with Gasteiger partial charge in [0.05, 0.1) is 12.4 Å². The number of rotatable bonds is 7. The van der Waals surface area contributed by atoms with Gasteiger partial charge in [0, 0.05) is 19.1 Å². The van der Waals surface area contributed by atoms with Crippen molar-refractivity contribution in [3.05, 3.63) is 12.4 Å². The fourth-order valence-corrected chi connectivity index (χ4v) is 2.49. The van der Waals surface area contributed by atoms with E-state index in [1.165, 1.54) is 25.7 Å². The number of hydrogen-bond acceptors (Lipinski definition) is 3. The van der Waals surface area contributed by atoms with Gasteiger partial charge in [-0.1, -0.05) is 19.8 Å². The Balaban J connectivity index is 1.70. The number of hydrogen-bond donors (Lipinski definition) is 1. The molecule has 1 unspecified atom stereocenters. The molecule has 0 spiro atoms. The first-order valence-corrected chi connectivity index (χ1v) is 7.20. The molecule has 1 heterocycles. The third kappa shape index (κ3) is 4.02. The van der Waals surface area contributed by atoms with Gasteiger partial charge in [0.2, 0.25) is 0 Å². The minimum absolute atomic E-state index is 0.199. The summed E-state index contributed by atoms with van der Waals surface area (Å²) < 4.78 is 7.79. The number of aromatic nitrogens is 2. The van der Waals surface area contributed by atoms with Gasteiger partial charge in [0.15, 0.2) is 5.75 Å². The van der Waals surface area contributed by atoms with Crippen molar-refractivity contribution in [2.75, 3.05) is 6.54 Å². The lowest BCUT2D eigenvalue weighted by atomic mass is 10.2. The Kier molecular flexibility index (Phi) is 5.05. The van der Waals surface area contributed by atoms with Crippen molar-refractivity contribution in [2.45, 2.75) is 64.6 Å². The first-order valence-electron chi connectivity index (χ1n) is 7.20. The monoisotopic (exact) mass is 251 g/mol. The first-order chi connectivity index (χ1) is 8.78. The molecule has 18 heavy (non-hydrogen) atoms. The molecule has 0 saturated heterocycles. The average Bonchev–Trinajstić information content (AvgIpc) is 2.99. The van der Waals surface area contributed by atoms with Crippen molar-refractivity contribution in [2.24, 2.45) is 0 Å². The molecular formula is C14H25N3O. The standard InChI is InChI=1S/C14H25N3O/c1-3-8-17-11-14(10-16-17)18-12(2)9-15-13-6-4-5-7-13/h10-13,15H,3-9H2,1-2H3. The van der Waals surface area contributed by atoms with E-state index in [0.717, 1.165) is 25.3 Å². The van der Waals surface area contributed by atoms with Gasteiger partial charge in [-0.05, 0) is 26.2 Å². The average molecular weight is 251 g/mol. The van der Waals surface area contributed by atoms with Crippen molar-refractivity contribution < 1.29 is 4.74 Å². The molecule has 1 aliphatic rings. The SMILES string of the molecule is CCCn1cc(OC(C)CNC2CCCC2)cn1. The molecule has 4 nitrogen and oxygen atoms in total. The van der Waals surface area contributed by atoms with Gasteiger partial charge >= 0.3 is 0 Å². The second-order valence-corrected chi connectivity index (χ2v) is 5.26. The van der Waals surface area contributed by atoms with E-state index in [1.54, 1.807) is 0 Å². The van der Waals surface area contributed by atoms with E-state index in [2.05, 4.69) is 24.3 Å². The molecule has 2 rings (SSSR count). The first kappa shape index (κ1) is 13.4. The minimum Gasteiger partial charge on any atom is -0.486 e. The molecule has 1 aliphatic carbocycles. The molecule has 1 aromatic rings. The van der Waals surface area contributed by atoms with Crippen molar-refractivity contribution in [3.63, 3.8) is 0 Å². The third-order valence-corrected chi connectivity index (χ3v) is 3.45. The molecule has 1 atom stereocenters. The molecule has 0 aliphatic heterocycles. The Bertz CT molecular complexity index is 345. The lowest BCUT2D eigenvalue weighted by molar-refractivity contribution is 0.211. The van der Waals surface area contributed by atoms with Gasteiger partial charge in [-0.2, -0.15) is 5.10 Å². The van der Waals surface area contributed by atoms with Crippen LogP contribution in [0.1, 0.15) is 46.0 Å². The zero-order valence-electron chi connectivity index (χ0n) is 11.6. The van der Waals surface area contributed by atoms with E-state index in [4.69, 9.17) is 4.74 Å². The molecule has 102 valence electrons. The largest absolute Gasteiger partial charge is 0.486 e. The zero-order valence-corrected chi connectivity index (χ0v) is 11.6. The molecule has 0 amide bonds. The third-order valence-electron chi connectivity index (χ3n) is 3.45. The maximum absolute atomic E-state index is 5.86. The lowest BCUT2D eigenvalue weighted by Crippen LogP contribution is -2.35. The van der Waals surface area contributed by atoms with E-state index in [1.807, 2.05) is 17.1 Å². The molecule has 1 N–H and O–H groups in total.